The number of hydrogen-bond acceptors (Lipinski definition) is 3. The van der Waals surface area contributed by atoms with E-state index in [-0.39, 0.29) is 5.92 Å². The molecule has 1 atom stereocenters. The molecule has 0 saturated heterocycles. The SMILES string of the molecule is CC(C)[C@H](NC(=O)NCCOCC1CC1)C(=O)O. The molecule has 0 heterocycles. The van der Waals surface area contributed by atoms with Crippen LogP contribution in [0.3, 0.4) is 0 Å². The van der Waals surface area contributed by atoms with E-state index >= 15 is 0 Å². The van der Waals surface area contributed by atoms with Crippen LogP contribution < -0.4 is 10.6 Å². The highest BCUT2D eigenvalue weighted by molar-refractivity contribution is 5.82. The molecular formula is C12H22N2O4. The Labute approximate surface area is 107 Å². The van der Waals surface area contributed by atoms with Crippen LogP contribution in [0, 0.1) is 11.8 Å². The molecule has 0 spiro atoms. The van der Waals surface area contributed by atoms with Gasteiger partial charge in [-0.05, 0) is 24.7 Å². The van der Waals surface area contributed by atoms with Crippen LogP contribution in [0.1, 0.15) is 26.7 Å². The average Bonchev–Trinajstić information content (AvgIpc) is 3.08. The number of carboxylic acid groups (broad SMARTS) is 1. The van der Waals surface area contributed by atoms with Crippen molar-refractivity contribution in [2.45, 2.75) is 32.7 Å². The second kappa shape index (κ2) is 7.20. The lowest BCUT2D eigenvalue weighted by atomic mass is 10.1. The summed E-state index contributed by atoms with van der Waals surface area (Å²) in [7, 11) is 0. The number of urea groups is 1. The fourth-order valence-electron chi connectivity index (χ4n) is 1.48. The molecule has 3 N–H and O–H groups in total. The molecule has 6 heteroatoms. The summed E-state index contributed by atoms with van der Waals surface area (Å²) in [5.74, 6) is -0.472. The maximum absolute atomic E-state index is 11.4. The fraction of sp³-hybridized carbons (Fsp3) is 0.833. The van der Waals surface area contributed by atoms with E-state index in [2.05, 4.69) is 10.6 Å². The molecule has 1 saturated carbocycles. The second-order valence-electron chi connectivity index (χ2n) is 4.98. The molecule has 1 rings (SSSR count). The van der Waals surface area contributed by atoms with Gasteiger partial charge < -0.3 is 20.5 Å². The topological polar surface area (TPSA) is 87.7 Å². The van der Waals surface area contributed by atoms with Gasteiger partial charge in [0.05, 0.1) is 6.61 Å². The van der Waals surface area contributed by atoms with Crippen molar-refractivity contribution in [2.75, 3.05) is 19.8 Å². The lowest BCUT2D eigenvalue weighted by Gasteiger charge is -2.18. The molecule has 1 aliphatic carbocycles. The molecule has 6 nitrogen and oxygen atoms in total. The second-order valence-corrected chi connectivity index (χ2v) is 4.98. The van der Waals surface area contributed by atoms with Crippen molar-refractivity contribution in [1.29, 1.82) is 0 Å². The van der Waals surface area contributed by atoms with Crippen LogP contribution in [0.2, 0.25) is 0 Å². The molecule has 18 heavy (non-hydrogen) atoms. The number of nitrogens with one attached hydrogen (secondary N) is 2. The van der Waals surface area contributed by atoms with Gasteiger partial charge in [0, 0.05) is 13.2 Å². The van der Waals surface area contributed by atoms with Crippen LogP contribution in [0.4, 0.5) is 4.79 Å². The molecule has 1 aliphatic rings. The van der Waals surface area contributed by atoms with Gasteiger partial charge in [0.15, 0.2) is 0 Å². The monoisotopic (exact) mass is 258 g/mol. The molecule has 0 unspecified atom stereocenters. The van der Waals surface area contributed by atoms with Gasteiger partial charge in [0.2, 0.25) is 0 Å². The van der Waals surface area contributed by atoms with Crippen LogP contribution in [-0.2, 0) is 9.53 Å². The minimum atomic E-state index is -1.02. The van der Waals surface area contributed by atoms with E-state index < -0.39 is 18.0 Å². The first kappa shape index (κ1) is 14.8. The van der Waals surface area contributed by atoms with Crippen molar-refractivity contribution >= 4 is 12.0 Å². The molecule has 1 fully saturated rings. The molecular weight excluding hydrogens is 236 g/mol. The summed E-state index contributed by atoms with van der Waals surface area (Å²) in [6.07, 6.45) is 2.48. The largest absolute Gasteiger partial charge is 0.480 e. The Kier molecular flexibility index (Phi) is 5.91. The number of amides is 2. The van der Waals surface area contributed by atoms with E-state index in [0.717, 1.165) is 6.61 Å². The van der Waals surface area contributed by atoms with Crippen LogP contribution in [0.15, 0.2) is 0 Å². The third-order valence-electron chi connectivity index (χ3n) is 2.80. The summed E-state index contributed by atoms with van der Waals surface area (Å²) in [6, 6.07) is -1.33. The number of carbonyl (C=O) groups is 2. The number of aliphatic carboxylic acids is 1. The van der Waals surface area contributed by atoms with Crippen molar-refractivity contribution in [3.63, 3.8) is 0 Å². The number of rotatable bonds is 8. The highest BCUT2D eigenvalue weighted by Crippen LogP contribution is 2.28. The van der Waals surface area contributed by atoms with Crippen LogP contribution in [0.25, 0.3) is 0 Å². The Morgan fingerprint density at radius 2 is 2.06 bits per heavy atom. The van der Waals surface area contributed by atoms with Gasteiger partial charge in [-0.3, -0.25) is 0 Å². The Bertz CT molecular complexity index is 290. The average molecular weight is 258 g/mol. The summed E-state index contributed by atoms with van der Waals surface area (Å²) in [6.45, 7) is 5.11. The lowest BCUT2D eigenvalue weighted by molar-refractivity contribution is -0.140. The third-order valence-corrected chi connectivity index (χ3v) is 2.80. The van der Waals surface area contributed by atoms with Crippen molar-refractivity contribution in [3.8, 4) is 0 Å². The van der Waals surface area contributed by atoms with Crippen molar-refractivity contribution < 1.29 is 19.4 Å². The van der Waals surface area contributed by atoms with Gasteiger partial charge in [-0.2, -0.15) is 0 Å². The molecule has 0 bridgehead atoms. The first-order valence-electron chi connectivity index (χ1n) is 6.35. The molecule has 0 aliphatic heterocycles. The summed E-state index contributed by atoms with van der Waals surface area (Å²) in [5.41, 5.74) is 0. The van der Waals surface area contributed by atoms with E-state index in [1.165, 1.54) is 12.8 Å². The van der Waals surface area contributed by atoms with E-state index in [4.69, 9.17) is 9.84 Å². The molecule has 104 valence electrons. The number of carbonyl (C=O) groups excluding carboxylic acids is 1. The first-order valence-corrected chi connectivity index (χ1v) is 6.35. The van der Waals surface area contributed by atoms with E-state index in [0.29, 0.717) is 19.1 Å². The van der Waals surface area contributed by atoms with Crippen molar-refractivity contribution in [3.05, 3.63) is 0 Å². The first-order chi connectivity index (χ1) is 8.50. The number of carboxylic acids is 1. The lowest BCUT2D eigenvalue weighted by Crippen LogP contribution is -2.49. The summed E-state index contributed by atoms with van der Waals surface area (Å²) >= 11 is 0. The zero-order chi connectivity index (χ0) is 13.5. The van der Waals surface area contributed by atoms with Gasteiger partial charge in [0.25, 0.3) is 0 Å². The van der Waals surface area contributed by atoms with E-state index in [1.807, 2.05) is 0 Å². The Balaban J connectivity index is 2.08. The van der Waals surface area contributed by atoms with Gasteiger partial charge in [-0.15, -0.1) is 0 Å². The zero-order valence-electron chi connectivity index (χ0n) is 10.9. The molecule has 0 aromatic carbocycles. The molecule has 0 radical (unpaired) electrons. The highest BCUT2D eigenvalue weighted by Gasteiger charge is 2.23. The molecule has 0 aromatic rings. The quantitative estimate of drug-likeness (QED) is 0.562. The van der Waals surface area contributed by atoms with Gasteiger partial charge in [-0.1, -0.05) is 13.8 Å². The smallest absolute Gasteiger partial charge is 0.326 e. The van der Waals surface area contributed by atoms with Crippen molar-refractivity contribution in [2.24, 2.45) is 11.8 Å². The van der Waals surface area contributed by atoms with E-state index in [1.54, 1.807) is 13.8 Å². The maximum Gasteiger partial charge on any atom is 0.326 e. The molecule has 0 aromatic heterocycles. The van der Waals surface area contributed by atoms with E-state index in [9.17, 15) is 9.59 Å². The fourth-order valence-corrected chi connectivity index (χ4v) is 1.48. The minimum absolute atomic E-state index is 0.153. The Morgan fingerprint density at radius 3 is 2.56 bits per heavy atom. The van der Waals surface area contributed by atoms with Crippen LogP contribution in [-0.4, -0.2) is 42.9 Å². The van der Waals surface area contributed by atoms with Gasteiger partial charge in [-0.25, -0.2) is 9.59 Å². The summed E-state index contributed by atoms with van der Waals surface area (Å²) < 4.78 is 5.35. The molecule has 2 amide bonds. The normalized spacial score (nSPS) is 16.4. The van der Waals surface area contributed by atoms with Crippen LogP contribution in [0.5, 0.6) is 0 Å². The zero-order valence-corrected chi connectivity index (χ0v) is 10.9. The van der Waals surface area contributed by atoms with Crippen molar-refractivity contribution in [1.82, 2.24) is 10.6 Å². The summed E-state index contributed by atoms with van der Waals surface area (Å²) in [5, 5.41) is 13.9. The standard InChI is InChI=1S/C12H22N2O4/c1-8(2)10(11(15)16)14-12(17)13-5-6-18-7-9-3-4-9/h8-10H,3-7H2,1-2H3,(H,15,16)(H2,13,14,17)/t10-/m0/s1. The predicted molar refractivity (Wildman–Crippen MR) is 66.3 cm³/mol. The summed E-state index contributed by atoms with van der Waals surface area (Å²) in [4.78, 5) is 22.3. The predicted octanol–water partition coefficient (Wildman–Crippen LogP) is 0.821. The van der Waals surface area contributed by atoms with Crippen LogP contribution >= 0.6 is 0 Å². The number of hydrogen-bond donors (Lipinski definition) is 3. The Morgan fingerprint density at radius 1 is 1.39 bits per heavy atom. The maximum atomic E-state index is 11.4. The number of ether oxygens (including phenoxy) is 1. The van der Waals surface area contributed by atoms with Gasteiger partial charge in [0.1, 0.15) is 6.04 Å². The van der Waals surface area contributed by atoms with Gasteiger partial charge >= 0.3 is 12.0 Å². The highest BCUT2D eigenvalue weighted by atomic mass is 16.5. The third kappa shape index (κ3) is 5.86. The Hall–Kier alpha value is -1.30. The minimum Gasteiger partial charge on any atom is -0.480 e.